The predicted octanol–water partition coefficient (Wildman–Crippen LogP) is 2.00. The van der Waals surface area contributed by atoms with Crippen molar-refractivity contribution in [3.8, 4) is 17.0 Å². The molecule has 0 fully saturated rings. The van der Waals surface area contributed by atoms with Crippen molar-refractivity contribution in [2.24, 2.45) is 5.73 Å². The number of rotatable bonds is 3. The standard InChI is InChI=1S/C14H13FN4O/c1-20-12-4-3-9(7-10(12)15)13-11(8-16)19-6-2-5-17-14(19)18-13/h2-7H,8,16H2,1H3. The highest BCUT2D eigenvalue weighted by Gasteiger charge is 2.15. The fraction of sp³-hybridized carbons (Fsp3) is 0.143. The second-order valence-corrected chi connectivity index (χ2v) is 4.25. The molecule has 2 heterocycles. The van der Waals surface area contributed by atoms with Crippen molar-refractivity contribution in [3.63, 3.8) is 0 Å². The summed E-state index contributed by atoms with van der Waals surface area (Å²) in [6.07, 6.45) is 3.49. The molecule has 0 aliphatic carbocycles. The van der Waals surface area contributed by atoms with Crippen LogP contribution in [0.15, 0.2) is 36.7 Å². The molecule has 1 aromatic carbocycles. The van der Waals surface area contributed by atoms with Crippen molar-refractivity contribution in [2.45, 2.75) is 6.54 Å². The molecule has 3 aromatic rings. The Morgan fingerprint density at radius 3 is 2.95 bits per heavy atom. The molecule has 0 spiro atoms. The largest absolute Gasteiger partial charge is 0.494 e. The third kappa shape index (κ3) is 1.90. The molecule has 20 heavy (non-hydrogen) atoms. The average Bonchev–Trinajstić information content (AvgIpc) is 2.85. The zero-order valence-electron chi connectivity index (χ0n) is 10.9. The van der Waals surface area contributed by atoms with Crippen molar-refractivity contribution in [1.82, 2.24) is 14.4 Å². The van der Waals surface area contributed by atoms with Gasteiger partial charge >= 0.3 is 0 Å². The molecule has 0 amide bonds. The Balaban J connectivity index is 2.21. The van der Waals surface area contributed by atoms with Crippen LogP contribution in [0.4, 0.5) is 4.39 Å². The third-order valence-corrected chi connectivity index (χ3v) is 3.12. The number of methoxy groups -OCH3 is 1. The third-order valence-electron chi connectivity index (χ3n) is 3.12. The number of halogens is 1. The summed E-state index contributed by atoms with van der Waals surface area (Å²) in [5.74, 6) is 0.308. The molecule has 0 saturated carbocycles. The molecule has 2 aromatic heterocycles. The van der Waals surface area contributed by atoms with Crippen molar-refractivity contribution in [3.05, 3.63) is 48.2 Å². The molecule has 2 N–H and O–H groups in total. The zero-order valence-corrected chi connectivity index (χ0v) is 10.9. The van der Waals surface area contributed by atoms with E-state index in [4.69, 9.17) is 10.5 Å². The molecular formula is C14H13FN4O. The van der Waals surface area contributed by atoms with Gasteiger partial charge in [0.25, 0.3) is 0 Å². The van der Waals surface area contributed by atoms with E-state index in [9.17, 15) is 4.39 Å². The van der Waals surface area contributed by atoms with Crippen LogP contribution in [0.3, 0.4) is 0 Å². The SMILES string of the molecule is COc1ccc(-c2nc3ncccn3c2CN)cc1F. The number of fused-ring (bicyclic) bond motifs is 1. The van der Waals surface area contributed by atoms with Crippen molar-refractivity contribution in [1.29, 1.82) is 0 Å². The second-order valence-electron chi connectivity index (χ2n) is 4.25. The minimum atomic E-state index is -0.432. The van der Waals surface area contributed by atoms with Gasteiger partial charge in [0.15, 0.2) is 11.6 Å². The molecule has 0 bridgehead atoms. The van der Waals surface area contributed by atoms with E-state index < -0.39 is 5.82 Å². The summed E-state index contributed by atoms with van der Waals surface area (Å²) < 4.78 is 20.5. The Bertz CT molecular complexity index is 769. The lowest BCUT2D eigenvalue weighted by Gasteiger charge is -2.05. The van der Waals surface area contributed by atoms with Gasteiger partial charge in [-0.25, -0.2) is 14.4 Å². The van der Waals surface area contributed by atoms with Gasteiger partial charge < -0.3 is 10.5 Å². The van der Waals surface area contributed by atoms with E-state index in [-0.39, 0.29) is 12.3 Å². The van der Waals surface area contributed by atoms with E-state index in [0.29, 0.717) is 17.0 Å². The van der Waals surface area contributed by atoms with E-state index in [1.54, 1.807) is 28.8 Å². The predicted molar refractivity (Wildman–Crippen MR) is 72.8 cm³/mol. The van der Waals surface area contributed by atoms with E-state index in [2.05, 4.69) is 9.97 Å². The molecular weight excluding hydrogens is 259 g/mol. The molecule has 6 heteroatoms. The summed E-state index contributed by atoms with van der Waals surface area (Å²) in [4.78, 5) is 8.58. The molecule has 0 radical (unpaired) electrons. The van der Waals surface area contributed by atoms with Gasteiger partial charge in [0.05, 0.1) is 18.5 Å². The maximum absolute atomic E-state index is 13.8. The number of ether oxygens (including phenoxy) is 1. The first-order valence-electron chi connectivity index (χ1n) is 6.10. The molecule has 5 nitrogen and oxygen atoms in total. The van der Waals surface area contributed by atoms with Crippen LogP contribution >= 0.6 is 0 Å². The maximum atomic E-state index is 13.8. The highest BCUT2D eigenvalue weighted by molar-refractivity contribution is 5.66. The van der Waals surface area contributed by atoms with Crippen LogP contribution in [0.1, 0.15) is 5.69 Å². The van der Waals surface area contributed by atoms with Gasteiger partial charge in [0.2, 0.25) is 5.78 Å². The molecule has 3 rings (SSSR count). The lowest BCUT2D eigenvalue weighted by atomic mass is 10.1. The fourth-order valence-electron chi connectivity index (χ4n) is 2.18. The van der Waals surface area contributed by atoms with E-state index >= 15 is 0 Å². The fourth-order valence-corrected chi connectivity index (χ4v) is 2.18. The van der Waals surface area contributed by atoms with Crippen molar-refractivity contribution < 1.29 is 9.13 Å². The minimum absolute atomic E-state index is 0.199. The lowest BCUT2D eigenvalue weighted by Crippen LogP contribution is -2.02. The second kappa shape index (κ2) is 4.90. The smallest absolute Gasteiger partial charge is 0.234 e. The van der Waals surface area contributed by atoms with Crippen LogP contribution in [0.5, 0.6) is 5.75 Å². The number of hydrogen-bond donors (Lipinski definition) is 1. The summed E-state index contributed by atoms with van der Waals surface area (Å²) in [6, 6.07) is 6.51. The van der Waals surface area contributed by atoms with Crippen LogP contribution in [-0.2, 0) is 6.54 Å². The Hall–Kier alpha value is -2.47. The van der Waals surface area contributed by atoms with Gasteiger partial charge in [-0.3, -0.25) is 4.40 Å². The van der Waals surface area contributed by atoms with Crippen LogP contribution in [-0.4, -0.2) is 21.5 Å². The summed E-state index contributed by atoms with van der Waals surface area (Å²) in [5.41, 5.74) is 7.85. The van der Waals surface area contributed by atoms with Crippen LogP contribution in [0, 0.1) is 5.82 Å². The Morgan fingerprint density at radius 2 is 2.25 bits per heavy atom. The van der Waals surface area contributed by atoms with Gasteiger partial charge in [-0.2, -0.15) is 0 Å². The number of imidazole rings is 1. The number of aromatic nitrogens is 3. The van der Waals surface area contributed by atoms with E-state index in [1.807, 2.05) is 6.20 Å². The number of nitrogens with zero attached hydrogens (tertiary/aromatic N) is 3. The highest BCUT2D eigenvalue weighted by Crippen LogP contribution is 2.27. The molecule has 0 aliphatic rings. The topological polar surface area (TPSA) is 65.4 Å². The minimum Gasteiger partial charge on any atom is -0.494 e. The van der Waals surface area contributed by atoms with E-state index in [1.165, 1.54) is 13.2 Å². The number of benzene rings is 1. The van der Waals surface area contributed by atoms with Crippen LogP contribution < -0.4 is 10.5 Å². The number of hydrogen-bond acceptors (Lipinski definition) is 4. The Morgan fingerprint density at radius 1 is 1.40 bits per heavy atom. The van der Waals surface area contributed by atoms with Gasteiger partial charge in [0, 0.05) is 24.5 Å². The maximum Gasteiger partial charge on any atom is 0.234 e. The molecule has 0 atom stereocenters. The summed E-state index contributed by atoms with van der Waals surface area (Å²) >= 11 is 0. The Kier molecular flexibility index (Phi) is 3.08. The zero-order chi connectivity index (χ0) is 14.1. The normalized spacial score (nSPS) is 10.9. The Labute approximate surface area is 114 Å². The van der Waals surface area contributed by atoms with Gasteiger partial charge in [-0.05, 0) is 24.3 Å². The molecule has 0 unspecified atom stereocenters. The molecule has 0 aliphatic heterocycles. The van der Waals surface area contributed by atoms with Crippen molar-refractivity contribution in [2.75, 3.05) is 7.11 Å². The van der Waals surface area contributed by atoms with Gasteiger partial charge in [-0.15, -0.1) is 0 Å². The molecule has 102 valence electrons. The average molecular weight is 272 g/mol. The first kappa shape index (κ1) is 12.6. The number of nitrogens with two attached hydrogens (primary N) is 1. The lowest BCUT2D eigenvalue weighted by molar-refractivity contribution is 0.386. The first-order chi connectivity index (χ1) is 9.74. The summed E-state index contributed by atoms with van der Waals surface area (Å²) in [7, 11) is 1.43. The van der Waals surface area contributed by atoms with Crippen molar-refractivity contribution >= 4 is 5.78 Å². The van der Waals surface area contributed by atoms with Crippen LogP contribution in [0.25, 0.3) is 17.0 Å². The van der Waals surface area contributed by atoms with E-state index in [0.717, 1.165) is 5.69 Å². The van der Waals surface area contributed by atoms with Gasteiger partial charge in [-0.1, -0.05) is 0 Å². The molecule has 0 saturated heterocycles. The first-order valence-corrected chi connectivity index (χ1v) is 6.10. The van der Waals surface area contributed by atoms with Gasteiger partial charge in [0.1, 0.15) is 0 Å². The highest BCUT2D eigenvalue weighted by atomic mass is 19.1. The summed E-state index contributed by atoms with van der Waals surface area (Å²) in [5, 5.41) is 0. The van der Waals surface area contributed by atoms with Crippen LogP contribution in [0.2, 0.25) is 0 Å². The quantitative estimate of drug-likeness (QED) is 0.792. The monoisotopic (exact) mass is 272 g/mol. The summed E-state index contributed by atoms with van der Waals surface area (Å²) in [6.45, 7) is 0.288.